The van der Waals surface area contributed by atoms with E-state index in [4.69, 9.17) is 4.42 Å². The standard InChI is InChI=1S/C17H26N6O2S/c1-20-5-7-23(8-6-20)14-10-22(11-15(14)24)9-13-3-4-16(25-13)26-17-19-18-12-21(17)2/h3-4,12,14-15,24H,5-11H2,1-2H3/t14-,15-/m0/s1. The van der Waals surface area contributed by atoms with Crippen LogP contribution in [0.4, 0.5) is 0 Å². The van der Waals surface area contributed by atoms with Crippen LogP contribution in [0.3, 0.4) is 0 Å². The highest BCUT2D eigenvalue weighted by molar-refractivity contribution is 7.99. The lowest BCUT2D eigenvalue weighted by Gasteiger charge is -2.37. The molecular weight excluding hydrogens is 352 g/mol. The van der Waals surface area contributed by atoms with Gasteiger partial charge in [0.15, 0.2) is 10.2 Å². The fraction of sp³-hybridized carbons (Fsp3) is 0.647. The Balaban J connectivity index is 1.33. The maximum absolute atomic E-state index is 10.5. The lowest BCUT2D eigenvalue weighted by atomic mass is 10.1. The normalized spacial score (nSPS) is 26.0. The third-order valence-corrected chi connectivity index (χ3v) is 6.19. The summed E-state index contributed by atoms with van der Waals surface area (Å²) >= 11 is 1.47. The van der Waals surface area contributed by atoms with Crippen LogP contribution in [-0.4, -0.2) is 93.0 Å². The topological polar surface area (TPSA) is 73.8 Å². The lowest BCUT2D eigenvalue weighted by Crippen LogP contribution is -2.52. The number of aliphatic hydroxyl groups is 1. The lowest BCUT2D eigenvalue weighted by molar-refractivity contribution is 0.0512. The van der Waals surface area contributed by atoms with E-state index in [1.54, 1.807) is 6.33 Å². The number of nitrogens with zero attached hydrogens (tertiary/aromatic N) is 6. The average Bonchev–Trinajstić information content (AvgIpc) is 3.32. The molecule has 2 aromatic rings. The molecule has 2 aliphatic heterocycles. The van der Waals surface area contributed by atoms with Gasteiger partial charge in [-0.3, -0.25) is 9.80 Å². The number of furan rings is 1. The van der Waals surface area contributed by atoms with Crippen LogP contribution >= 0.6 is 11.8 Å². The predicted octanol–water partition coefficient (Wildman–Crippen LogP) is 0.352. The largest absolute Gasteiger partial charge is 0.453 e. The fourth-order valence-electron chi connectivity index (χ4n) is 3.66. The Morgan fingerprint density at radius 1 is 1.19 bits per heavy atom. The fourth-order valence-corrected chi connectivity index (χ4v) is 4.41. The van der Waals surface area contributed by atoms with Gasteiger partial charge in [-0.05, 0) is 30.9 Å². The number of likely N-dealkylation sites (N-methyl/N-ethyl adjacent to an activating group) is 1. The maximum Gasteiger partial charge on any atom is 0.198 e. The summed E-state index contributed by atoms with van der Waals surface area (Å²) in [6.45, 7) is 6.52. The molecule has 2 atom stereocenters. The van der Waals surface area contributed by atoms with E-state index in [1.165, 1.54) is 11.8 Å². The second-order valence-corrected chi connectivity index (χ2v) is 8.19. The van der Waals surface area contributed by atoms with E-state index >= 15 is 0 Å². The van der Waals surface area contributed by atoms with Crippen LogP contribution in [0.15, 0.2) is 33.1 Å². The van der Waals surface area contributed by atoms with Crippen molar-refractivity contribution in [2.24, 2.45) is 7.05 Å². The smallest absolute Gasteiger partial charge is 0.198 e. The summed E-state index contributed by atoms with van der Waals surface area (Å²) in [7, 11) is 4.07. The van der Waals surface area contributed by atoms with E-state index in [2.05, 4.69) is 31.9 Å². The van der Waals surface area contributed by atoms with Crippen LogP contribution < -0.4 is 0 Å². The van der Waals surface area contributed by atoms with Gasteiger partial charge in [-0.2, -0.15) is 0 Å². The molecule has 2 saturated heterocycles. The number of aliphatic hydroxyl groups excluding tert-OH is 1. The Morgan fingerprint density at radius 3 is 2.73 bits per heavy atom. The first-order valence-corrected chi connectivity index (χ1v) is 9.84. The van der Waals surface area contributed by atoms with E-state index in [0.717, 1.165) is 55.3 Å². The minimum Gasteiger partial charge on any atom is -0.453 e. The highest BCUT2D eigenvalue weighted by atomic mass is 32.2. The molecule has 9 heteroatoms. The summed E-state index contributed by atoms with van der Waals surface area (Å²) in [5.74, 6) is 0.917. The molecule has 2 fully saturated rings. The predicted molar refractivity (Wildman–Crippen MR) is 98.0 cm³/mol. The van der Waals surface area contributed by atoms with Gasteiger partial charge in [-0.25, -0.2) is 0 Å². The summed E-state index contributed by atoms with van der Waals surface area (Å²) in [5, 5.41) is 20.1. The minimum absolute atomic E-state index is 0.228. The van der Waals surface area contributed by atoms with Crippen LogP contribution in [0.2, 0.25) is 0 Å². The van der Waals surface area contributed by atoms with Crippen molar-refractivity contribution in [1.82, 2.24) is 29.5 Å². The van der Waals surface area contributed by atoms with Gasteiger partial charge >= 0.3 is 0 Å². The molecule has 0 saturated carbocycles. The van der Waals surface area contributed by atoms with Gasteiger partial charge < -0.3 is 19.0 Å². The van der Waals surface area contributed by atoms with Crippen molar-refractivity contribution in [3.63, 3.8) is 0 Å². The van der Waals surface area contributed by atoms with Crippen molar-refractivity contribution in [2.45, 2.75) is 28.9 Å². The number of piperazine rings is 1. The molecule has 142 valence electrons. The summed E-state index contributed by atoms with van der Waals surface area (Å²) in [5.41, 5.74) is 0. The van der Waals surface area contributed by atoms with E-state index < -0.39 is 0 Å². The van der Waals surface area contributed by atoms with E-state index in [-0.39, 0.29) is 12.1 Å². The van der Waals surface area contributed by atoms with Crippen molar-refractivity contribution in [1.29, 1.82) is 0 Å². The molecule has 26 heavy (non-hydrogen) atoms. The number of hydrogen-bond acceptors (Lipinski definition) is 8. The Hall–Kier alpha value is -1.39. The minimum atomic E-state index is -0.291. The van der Waals surface area contributed by atoms with Crippen LogP contribution in [0.5, 0.6) is 0 Å². The number of rotatable bonds is 5. The Morgan fingerprint density at radius 2 is 2.00 bits per heavy atom. The van der Waals surface area contributed by atoms with Crippen molar-refractivity contribution in [3.8, 4) is 0 Å². The second kappa shape index (κ2) is 7.69. The zero-order valence-electron chi connectivity index (χ0n) is 15.3. The zero-order valence-corrected chi connectivity index (χ0v) is 16.1. The zero-order chi connectivity index (χ0) is 18.1. The van der Waals surface area contributed by atoms with E-state index in [9.17, 15) is 5.11 Å². The summed E-state index contributed by atoms with van der Waals surface area (Å²) in [6, 6.07) is 4.21. The van der Waals surface area contributed by atoms with Gasteiger partial charge in [0.25, 0.3) is 0 Å². The third kappa shape index (κ3) is 3.96. The molecular formula is C17H26N6O2S. The molecule has 2 aromatic heterocycles. The summed E-state index contributed by atoms with van der Waals surface area (Å²) in [4.78, 5) is 7.06. The van der Waals surface area contributed by atoms with Crippen LogP contribution in [0.25, 0.3) is 0 Å². The van der Waals surface area contributed by atoms with E-state index in [0.29, 0.717) is 6.54 Å². The number of aryl methyl sites for hydroxylation is 1. The number of hydrogen-bond donors (Lipinski definition) is 1. The molecule has 0 aliphatic carbocycles. The molecule has 0 bridgehead atoms. The van der Waals surface area contributed by atoms with Crippen molar-refractivity contribution < 1.29 is 9.52 Å². The first kappa shape index (κ1) is 18.0. The molecule has 8 nitrogen and oxygen atoms in total. The number of β-amino-alcohol motifs (C(OH)–C–C–N with tert-alkyl or cyclic N) is 1. The maximum atomic E-state index is 10.5. The first-order chi connectivity index (χ1) is 12.6. The third-order valence-electron chi connectivity index (χ3n) is 5.22. The molecule has 0 amide bonds. The van der Waals surface area contributed by atoms with Gasteiger partial charge in [0, 0.05) is 52.4 Å². The highest BCUT2D eigenvalue weighted by Gasteiger charge is 2.36. The molecule has 0 aromatic carbocycles. The monoisotopic (exact) mass is 378 g/mol. The molecule has 1 N–H and O–H groups in total. The molecule has 0 spiro atoms. The Kier molecular flexibility index (Phi) is 5.32. The quantitative estimate of drug-likeness (QED) is 0.799. The first-order valence-electron chi connectivity index (χ1n) is 9.02. The van der Waals surface area contributed by atoms with Crippen LogP contribution in [0, 0.1) is 0 Å². The second-order valence-electron chi connectivity index (χ2n) is 7.22. The molecule has 0 unspecified atom stereocenters. The summed E-state index contributed by atoms with van der Waals surface area (Å²) < 4.78 is 7.81. The van der Waals surface area contributed by atoms with Gasteiger partial charge in [-0.1, -0.05) is 0 Å². The molecule has 2 aliphatic rings. The summed E-state index contributed by atoms with van der Waals surface area (Å²) in [6.07, 6.45) is 1.39. The Labute approximate surface area is 157 Å². The number of aromatic nitrogens is 3. The van der Waals surface area contributed by atoms with E-state index in [1.807, 2.05) is 23.7 Å². The highest BCUT2D eigenvalue weighted by Crippen LogP contribution is 2.28. The molecule has 4 heterocycles. The number of likely N-dealkylation sites (tertiary alicyclic amines) is 1. The Bertz CT molecular complexity index is 726. The molecule has 4 rings (SSSR count). The SMILES string of the molecule is CN1CCN([C@H]2CN(Cc3ccc(Sc4nncn4C)o3)C[C@@H]2O)CC1. The van der Waals surface area contributed by atoms with Gasteiger partial charge in [0.05, 0.1) is 12.6 Å². The van der Waals surface area contributed by atoms with Crippen molar-refractivity contribution in [3.05, 3.63) is 24.2 Å². The molecule has 0 radical (unpaired) electrons. The van der Waals surface area contributed by atoms with Gasteiger partial charge in [0.2, 0.25) is 0 Å². The van der Waals surface area contributed by atoms with Crippen LogP contribution in [0.1, 0.15) is 5.76 Å². The van der Waals surface area contributed by atoms with Crippen LogP contribution in [-0.2, 0) is 13.6 Å². The van der Waals surface area contributed by atoms with Crippen molar-refractivity contribution >= 4 is 11.8 Å². The van der Waals surface area contributed by atoms with Gasteiger partial charge in [0.1, 0.15) is 12.1 Å². The van der Waals surface area contributed by atoms with Gasteiger partial charge in [-0.15, -0.1) is 10.2 Å². The average molecular weight is 379 g/mol. The van der Waals surface area contributed by atoms with Crippen molar-refractivity contribution in [2.75, 3.05) is 46.3 Å².